The van der Waals surface area contributed by atoms with Crippen LogP contribution in [0.4, 0.5) is 18.9 Å². The fourth-order valence-electron chi connectivity index (χ4n) is 3.91. The number of carbonyl (C=O) groups excluding carboxylic acids is 2. The number of nitrogens with zero attached hydrogens (tertiary/aromatic N) is 2. The Morgan fingerprint density at radius 1 is 1.27 bits per heavy atom. The van der Waals surface area contributed by atoms with Crippen LogP contribution < -0.4 is 10.1 Å². The third-order valence-corrected chi connectivity index (χ3v) is 5.73. The van der Waals surface area contributed by atoms with Gasteiger partial charge < -0.3 is 19.7 Å². The van der Waals surface area contributed by atoms with Gasteiger partial charge in [-0.1, -0.05) is 13.8 Å². The Labute approximate surface area is 193 Å². The molecule has 1 heterocycles. The molecule has 0 unspecified atom stereocenters. The van der Waals surface area contributed by atoms with E-state index < -0.39 is 18.5 Å². The van der Waals surface area contributed by atoms with E-state index in [-0.39, 0.29) is 47.6 Å². The summed E-state index contributed by atoms with van der Waals surface area (Å²) in [5, 5.41) is 2.23. The van der Waals surface area contributed by atoms with Crippen LogP contribution in [0.3, 0.4) is 0 Å². The molecule has 0 aliphatic carbocycles. The maximum atomic E-state index is 13.1. The highest BCUT2D eigenvalue weighted by atomic mass is 19.4. The van der Waals surface area contributed by atoms with Crippen molar-refractivity contribution in [1.29, 1.82) is 0 Å². The zero-order valence-corrected chi connectivity index (χ0v) is 19.9. The summed E-state index contributed by atoms with van der Waals surface area (Å²) in [5.74, 6) is -1.10. The molecule has 3 atom stereocenters. The molecule has 0 radical (unpaired) electrons. The quantitative estimate of drug-likeness (QED) is 0.705. The van der Waals surface area contributed by atoms with Gasteiger partial charge in [0.25, 0.3) is 5.91 Å². The summed E-state index contributed by atoms with van der Waals surface area (Å²) in [4.78, 5) is 28.7. The molecule has 1 aromatic carbocycles. The molecule has 1 aliphatic rings. The van der Waals surface area contributed by atoms with Crippen molar-refractivity contribution in [3.05, 3.63) is 23.8 Å². The lowest BCUT2D eigenvalue weighted by Crippen LogP contribution is -2.46. The van der Waals surface area contributed by atoms with Crippen molar-refractivity contribution in [3.8, 4) is 5.75 Å². The van der Waals surface area contributed by atoms with Crippen LogP contribution in [0.15, 0.2) is 18.2 Å². The first-order valence-corrected chi connectivity index (χ1v) is 11.1. The number of alkyl halides is 3. The Hall–Kier alpha value is -2.33. The standard InChI is InChI=1S/C23H34F3N3O4/c1-6-9-29-12-15(2)20(32-5)13-28(4)22(31)18-8-7-17(10-19(18)33-14-16(29)3)27-21(30)11-23(24,25)26/h7-8,10,15-16,20H,6,9,11-14H2,1-5H3,(H,27,30)/t15-,16-,20-/m1/s1. The van der Waals surface area contributed by atoms with E-state index in [2.05, 4.69) is 24.1 Å². The topological polar surface area (TPSA) is 71.1 Å². The van der Waals surface area contributed by atoms with Crippen molar-refractivity contribution < 1.29 is 32.2 Å². The molecule has 0 fully saturated rings. The second-order valence-electron chi connectivity index (χ2n) is 8.64. The predicted molar refractivity (Wildman–Crippen MR) is 119 cm³/mol. The Kier molecular flexibility index (Phi) is 9.54. The number of likely N-dealkylation sites (N-methyl/N-ethyl adjacent to an activating group) is 1. The zero-order valence-electron chi connectivity index (χ0n) is 19.9. The number of nitrogens with one attached hydrogen (secondary N) is 1. The molecule has 1 aromatic rings. The Morgan fingerprint density at radius 2 is 1.97 bits per heavy atom. The van der Waals surface area contributed by atoms with E-state index in [9.17, 15) is 22.8 Å². The van der Waals surface area contributed by atoms with Crippen molar-refractivity contribution in [1.82, 2.24) is 9.80 Å². The molecule has 33 heavy (non-hydrogen) atoms. The highest BCUT2D eigenvalue weighted by Crippen LogP contribution is 2.28. The van der Waals surface area contributed by atoms with E-state index in [1.54, 1.807) is 19.1 Å². The number of ether oxygens (including phenoxy) is 2. The summed E-state index contributed by atoms with van der Waals surface area (Å²) < 4.78 is 49.2. The van der Waals surface area contributed by atoms with Gasteiger partial charge in [0.05, 0.1) is 11.7 Å². The van der Waals surface area contributed by atoms with Crippen LogP contribution in [0.1, 0.15) is 44.0 Å². The largest absolute Gasteiger partial charge is 0.491 e. The summed E-state index contributed by atoms with van der Waals surface area (Å²) in [7, 11) is 3.30. The minimum atomic E-state index is -4.61. The number of amides is 2. The van der Waals surface area contributed by atoms with Gasteiger partial charge in [-0.25, -0.2) is 0 Å². The van der Waals surface area contributed by atoms with Crippen molar-refractivity contribution in [2.45, 2.75) is 51.9 Å². The van der Waals surface area contributed by atoms with Crippen LogP contribution in [-0.2, 0) is 9.53 Å². The maximum Gasteiger partial charge on any atom is 0.397 e. The number of anilines is 1. The van der Waals surface area contributed by atoms with Crippen LogP contribution in [0.5, 0.6) is 5.75 Å². The minimum Gasteiger partial charge on any atom is -0.491 e. The fourth-order valence-corrected chi connectivity index (χ4v) is 3.91. The highest BCUT2D eigenvalue weighted by Gasteiger charge is 2.32. The fraction of sp³-hybridized carbons (Fsp3) is 0.652. The molecule has 10 heteroatoms. The lowest BCUT2D eigenvalue weighted by atomic mass is 10.0. The van der Waals surface area contributed by atoms with Crippen LogP contribution in [0.2, 0.25) is 0 Å². The van der Waals surface area contributed by atoms with Gasteiger partial charge in [0.1, 0.15) is 18.8 Å². The SMILES string of the molecule is CCCN1C[C@@H](C)[C@H](OC)CN(C)C(=O)c2ccc(NC(=O)CC(F)(F)F)cc2OC[C@H]1C. The lowest BCUT2D eigenvalue weighted by molar-refractivity contribution is -0.150. The van der Waals surface area contributed by atoms with Crippen molar-refractivity contribution in [3.63, 3.8) is 0 Å². The molecule has 2 rings (SSSR count). The Balaban J connectivity index is 2.37. The Morgan fingerprint density at radius 3 is 2.58 bits per heavy atom. The number of carbonyl (C=O) groups is 2. The molecular weight excluding hydrogens is 439 g/mol. The summed E-state index contributed by atoms with van der Waals surface area (Å²) in [6.07, 6.45) is -5.41. The highest BCUT2D eigenvalue weighted by molar-refractivity contribution is 5.98. The summed E-state index contributed by atoms with van der Waals surface area (Å²) in [6, 6.07) is 4.28. The number of fused-ring (bicyclic) bond motifs is 1. The number of halogens is 3. The molecule has 0 bridgehead atoms. The van der Waals surface area contributed by atoms with E-state index >= 15 is 0 Å². The molecule has 1 aliphatic heterocycles. The van der Waals surface area contributed by atoms with Crippen molar-refractivity contribution >= 4 is 17.5 Å². The van der Waals surface area contributed by atoms with Gasteiger partial charge in [-0.15, -0.1) is 0 Å². The first-order chi connectivity index (χ1) is 15.4. The third-order valence-electron chi connectivity index (χ3n) is 5.73. The van der Waals surface area contributed by atoms with E-state index in [1.807, 2.05) is 6.92 Å². The lowest BCUT2D eigenvalue weighted by Gasteiger charge is -2.35. The summed E-state index contributed by atoms with van der Waals surface area (Å²) >= 11 is 0. The van der Waals surface area contributed by atoms with Gasteiger partial charge >= 0.3 is 6.18 Å². The molecular formula is C23H34F3N3O4. The van der Waals surface area contributed by atoms with E-state index in [0.29, 0.717) is 6.54 Å². The normalized spacial score (nSPS) is 23.2. The Bertz CT molecular complexity index is 819. The smallest absolute Gasteiger partial charge is 0.397 e. The van der Waals surface area contributed by atoms with Gasteiger partial charge in [0.2, 0.25) is 5.91 Å². The number of rotatable bonds is 5. The molecule has 0 saturated heterocycles. The monoisotopic (exact) mass is 473 g/mol. The van der Waals surface area contributed by atoms with Crippen LogP contribution >= 0.6 is 0 Å². The van der Waals surface area contributed by atoms with Gasteiger partial charge in [0, 0.05) is 45.0 Å². The number of hydrogen-bond acceptors (Lipinski definition) is 5. The van der Waals surface area contributed by atoms with E-state index in [4.69, 9.17) is 9.47 Å². The molecule has 7 nitrogen and oxygen atoms in total. The molecule has 1 N–H and O–H groups in total. The molecule has 0 spiro atoms. The molecule has 0 saturated carbocycles. The molecule has 186 valence electrons. The van der Waals surface area contributed by atoms with Gasteiger partial charge in [0.15, 0.2) is 0 Å². The molecule has 0 aromatic heterocycles. The van der Waals surface area contributed by atoms with Gasteiger partial charge in [-0.3, -0.25) is 14.5 Å². The number of hydrogen-bond donors (Lipinski definition) is 1. The number of methoxy groups -OCH3 is 1. The van der Waals surface area contributed by atoms with Gasteiger partial charge in [-0.2, -0.15) is 13.2 Å². The summed E-state index contributed by atoms with van der Waals surface area (Å²) in [6.45, 7) is 8.49. The second-order valence-corrected chi connectivity index (χ2v) is 8.64. The van der Waals surface area contributed by atoms with Gasteiger partial charge in [-0.05, 0) is 37.9 Å². The van der Waals surface area contributed by atoms with E-state index in [1.165, 1.54) is 18.2 Å². The van der Waals surface area contributed by atoms with Crippen molar-refractivity contribution in [2.24, 2.45) is 5.92 Å². The van der Waals surface area contributed by atoms with E-state index in [0.717, 1.165) is 19.5 Å². The van der Waals surface area contributed by atoms with Crippen LogP contribution in [0, 0.1) is 5.92 Å². The minimum absolute atomic E-state index is 0.0218. The summed E-state index contributed by atoms with van der Waals surface area (Å²) in [5.41, 5.74) is 0.399. The predicted octanol–water partition coefficient (Wildman–Crippen LogP) is 3.79. The maximum absolute atomic E-state index is 13.1. The zero-order chi connectivity index (χ0) is 24.8. The average molecular weight is 474 g/mol. The second kappa shape index (κ2) is 11.7. The van der Waals surface area contributed by atoms with Crippen molar-refractivity contribution in [2.75, 3.05) is 45.7 Å². The van der Waals surface area contributed by atoms with Crippen LogP contribution in [-0.4, -0.2) is 80.3 Å². The average Bonchev–Trinajstić information content (AvgIpc) is 2.72. The number of benzene rings is 1. The first kappa shape index (κ1) is 26.9. The van der Waals surface area contributed by atoms with Crippen LogP contribution in [0.25, 0.3) is 0 Å². The third kappa shape index (κ3) is 7.89. The first-order valence-electron chi connectivity index (χ1n) is 11.1. The molecule has 2 amide bonds.